The lowest BCUT2D eigenvalue weighted by atomic mass is 10.0. The van der Waals surface area contributed by atoms with Crippen LogP contribution in [0.15, 0.2) is 29.2 Å². The van der Waals surface area contributed by atoms with E-state index in [-0.39, 0.29) is 4.90 Å². The maximum absolute atomic E-state index is 12.3. The van der Waals surface area contributed by atoms with Crippen LogP contribution in [-0.2, 0) is 14.8 Å². The lowest BCUT2D eigenvalue weighted by Gasteiger charge is -2.34. The molecule has 0 heterocycles. The molecule has 1 aromatic carbocycles. The predicted octanol–water partition coefficient (Wildman–Crippen LogP) is 1.67. The topological polar surface area (TPSA) is 86.7 Å². The number of benzene rings is 1. The summed E-state index contributed by atoms with van der Waals surface area (Å²) in [4.78, 5) is 12.9. The van der Waals surface area contributed by atoms with Gasteiger partial charge in [0.1, 0.15) is 10.4 Å². The van der Waals surface area contributed by atoms with Crippen LogP contribution in [0.5, 0.6) is 0 Å². The number of likely N-dealkylation sites (N-methyl/N-ethyl adjacent to an activating group) is 1. The van der Waals surface area contributed by atoms with Crippen molar-refractivity contribution in [2.75, 3.05) is 18.5 Å². The van der Waals surface area contributed by atoms with Gasteiger partial charge in [-0.3, -0.25) is 0 Å². The van der Waals surface area contributed by atoms with Gasteiger partial charge in [-0.05, 0) is 32.4 Å². The van der Waals surface area contributed by atoms with Crippen molar-refractivity contribution in [3.05, 3.63) is 24.3 Å². The number of anilines is 1. The number of nitrogens with zero attached hydrogens (tertiary/aromatic N) is 1. The summed E-state index contributed by atoms with van der Waals surface area (Å²) in [5.74, 6) is -1.03. The maximum atomic E-state index is 12.3. The number of carboxylic acid groups (broad SMARTS) is 1. The molecule has 1 rings (SSSR count). The summed E-state index contributed by atoms with van der Waals surface area (Å²) in [7, 11) is -2.10. The molecule has 0 unspecified atom stereocenters. The van der Waals surface area contributed by atoms with Crippen molar-refractivity contribution < 1.29 is 18.3 Å². The van der Waals surface area contributed by atoms with Crippen molar-refractivity contribution in [1.82, 2.24) is 4.72 Å². The van der Waals surface area contributed by atoms with Crippen LogP contribution in [0.1, 0.15) is 27.2 Å². The normalized spacial score (nSPS) is 12.2. The summed E-state index contributed by atoms with van der Waals surface area (Å²) in [5, 5.41) is 9.30. The molecule has 1 aromatic rings. The molecule has 2 N–H and O–H groups in total. The molecule has 0 aliphatic heterocycles. The van der Waals surface area contributed by atoms with Gasteiger partial charge in [0, 0.05) is 13.6 Å². The van der Waals surface area contributed by atoms with Crippen LogP contribution < -0.4 is 9.62 Å². The molecule has 6 nitrogen and oxygen atoms in total. The van der Waals surface area contributed by atoms with Crippen LogP contribution in [0.25, 0.3) is 0 Å². The summed E-state index contributed by atoms with van der Waals surface area (Å²) in [6, 6.07) is 6.38. The van der Waals surface area contributed by atoms with Crippen molar-refractivity contribution in [2.24, 2.45) is 0 Å². The van der Waals surface area contributed by atoms with Gasteiger partial charge < -0.3 is 10.0 Å². The number of nitrogens with one attached hydrogen (secondary N) is 1. The van der Waals surface area contributed by atoms with Crippen LogP contribution in [0.3, 0.4) is 0 Å². The predicted molar refractivity (Wildman–Crippen MR) is 82.0 cm³/mol. The van der Waals surface area contributed by atoms with Gasteiger partial charge in [-0.25, -0.2) is 17.9 Å². The van der Waals surface area contributed by atoms with Crippen molar-refractivity contribution in [3.8, 4) is 0 Å². The van der Waals surface area contributed by atoms with E-state index in [1.54, 1.807) is 25.2 Å². The highest BCUT2D eigenvalue weighted by Gasteiger charge is 2.34. The molecule has 7 heteroatoms. The Morgan fingerprint density at radius 3 is 2.43 bits per heavy atom. The first-order valence-corrected chi connectivity index (χ1v) is 8.18. The van der Waals surface area contributed by atoms with Gasteiger partial charge >= 0.3 is 5.97 Å². The van der Waals surface area contributed by atoms with Gasteiger partial charge in [0.2, 0.25) is 10.0 Å². The number of carboxylic acids is 1. The average molecular weight is 314 g/mol. The molecule has 0 aliphatic carbocycles. The smallest absolute Gasteiger partial charge is 0.328 e. The first-order valence-electron chi connectivity index (χ1n) is 6.70. The van der Waals surface area contributed by atoms with Crippen molar-refractivity contribution >= 4 is 21.7 Å². The van der Waals surface area contributed by atoms with E-state index >= 15 is 0 Å². The molecule has 0 aliphatic rings. The Morgan fingerprint density at radius 1 is 1.33 bits per heavy atom. The molecule has 118 valence electrons. The zero-order valence-electron chi connectivity index (χ0n) is 12.8. The van der Waals surface area contributed by atoms with Gasteiger partial charge in [-0.2, -0.15) is 0 Å². The third-order valence-electron chi connectivity index (χ3n) is 3.42. The highest BCUT2D eigenvalue weighted by atomic mass is 32.2. The summed E-state index contributed by atoms with van der Waals surface area (Å²) in [6.45, 7) is 5.26. The van der Waals surface area contributed by atoms with Gasteiger partial charge in [0.05, 0.1) is 5.69 Å². The van der Waals surface area contributed by atoms with Gasteiger partial charge in [-0.15, -0.1) is 0 Å². The van der Waals surface area contributed by atoms with Crippen LogP contribution in [0.2, 0.25) is 0 Å². The van der Waals surface area contributed by atoms with Gasteiger partial charge in [0.15, 0.2) is 0 Å². The Morgan fingerprint density at radius 2 is 1.90 bits per heavy atom. The van der Waals surface area contributed by atoms with Gasteiger partial charge in [-0.1, -0.05) is 19.1 Å². The molecular weight excluding hydrogens is 292 g/mol. The molecule has 0 atom stereocenters. The van der Waals surface area contributed by atoms with E-state index in [1.165, 1.54) is 24.8 Å². The number of aliphatic carboxylic acids is 1. The lowest BCUT2D eigenvalue weighted by molar-refractivity contribution is -0.142. The Labute approximate surface area is 125 Å². The molecule has 0 radical (unpaired) electrons. The average Bonchev–Trinajstić information content (AvgIpc) is 2.44. The Bertz CT molecular complexity index is 611. The summed E-state index contributed by atoms with van der Waals surface area (Å²) in [6.07, 6.45) is 0.678. The van der Waals surface area contributed by atoms with Crippen molar-refractivity contribution in [3.63, 3.8) is 0 Å². The number of para-hydroxylation sites is 1. The van der Waals surface area contributed by atoms with E-state index in [4.69, 9.17) is 0 Å². The van der Waals surface area contributed by atoms with Crippen LogP contribution in [0, 0.1) is 0 Å². The monoisotopic (exact) mass is 314 g/mol. The fourth-order valence-electron chi connectivity index (χ4n) is 1.72. The third-order valence-corrected chi connectivity index (χ3v) is 4.93. The zero-order valence-corrected chi connectivity index (χ0v) is 13.6. The van der Waals surface area contributed by atoms with E-state index in [0.717, 1.165) is 0 Å². The molecule has 21 heavy (non-hydrogen) atoms. The SMILES string of the molecule is CCCNS(=O)(=O)c1ccccc1N(C)C(C)(C)C(=O)O. The number of hydrogen-bond acceptors (Lipinski definition) is 4. The molecule has 0 fully saturated rings. The van der Waals surface area contributed by atoms with Crippen LogP contribution in [-0.4, -0.2) is 38.6 Å². The molecule has 0 aromatic heterocycles. The fourth-order valence-corrected chi connectivity index (χ4v) is 3.09. The number of rotatable bonds is 7. The number of hydrogen-bond donors (Lipinski definition) is 2. The second-order valence-electron chi connectivity index (χ2n) is 5.29. The maximum Gasteiger partial charge on any atom is 0.328 e. The quantitative estimate of drug-likeness (QED) is 0.799. The van der Waals surface area contributed by atoms with Crippen LogP contribution in [0.4, 0.5) is 5.69 Å². The molecular formula is C14H22N2O4S. The van der Waals surface area contributed by atoms with E-state index < -0.39 is 21.5 Å². The standard InChI is InChI=1S/C14H22N2O4S/c1-5-10-15-21(19,20)12-9-7-6-8-11(12)16(4)14(2,3)13(17)18/h6-9,15H,5,10H2,1-4H3,(H,17,18). The highest BCUT2D eigenvalue weighted by Crippen LogP contribution is 2.29. The van der Waals surface area contributed by atoms with Gasteiger partial charge in [0.25, 0.3) is 0 Å². The second kappa shape index (κ2) is 6.44. The highest BCUT2D eigenvalue weighted by molar-refractivity contribution is 7.89. The zero-order chi connectivity index (χ0) is 16.3. The summed E-state index contributed by atoms with van der Waals surface area (Å²) in [5.41, 5.74) is -0.871. The first kappa shape index (κ1) is 17.5. The van der Waals surface area contributed by atoms with E-state index in [2.05, 4.69) is 4.72 Å². The number of sulfonamides is 1. The fraction of sp³-hybridized carbons (Fsp3) is 0.500. The van der Waals surface area contributed by atoms with Crippen molar-refractivity contribution in [2.45, 2.75) is 37.6 Å². The molecule has 0 bridgehead atoms. The summed E-state index contributed by atoms with van der Waals surface area (Å²) >= 11 is 0. The Balaban J connectivity index is 3.31. The van der Waals surface area contributed by atoms with E-state index in [0.29, 0.717) is 18.7 Å². The Hall–Kier alpha value is -1.60. The number of carbonyl (C=O) groups is 1. The lowest BCUT2D eigenvalue weighted by Crippen LogP contribution is -2.48. The minimum Gasteiger partial charge on any atom is -0.480 e. The first-order chi connectivity index (χ1) is 9.64. The van der Waals surface area contributed by atoms with E-state index in [9.17, 15) is 18.3 Å². The molecule has 0 saturated carbocycles. The Kier molecular flexibility index (Phi) is 5.36. The third kappa shape index (κ3) is 3.74. The molecule has 0 amide bonds. The van der Waals surface area contributed by atoms with E-state index in [1.807, 2.05) is 6.92 Å². The minimum atomic E-state index is -3.67. The summed E-state index contributed by atoms with van der Waals surface area (Å²) < 4.78 is 27.2. The molecule has 0 spiro atoms. The van der Waals surface area contributed by atoms with Crippen molar-refractivity contribution in [1.29, 1.82) is 0 Å². The molecule has 0 saturated heterocycles. The second-order valence-corrected chi connectivity index (χ2v) is 7.02. The minimum absolute atomic E-state index is 0.0790. The van der Waals surface area contributed by atoms with Crippen LogP contribution >= 0.6 is 0 Å². The largest absolute Gasteiger partial charge is 0.480 e.